The molecule has 13 heavy (non-hydrogen) atoms. The quantitative estimate of drug-likeness (QED) is 0.431. The van der Waals surface area contributed by atoms with Crippen molar-refractivity contribution in [3.8, 4) is 0 Å². The van der Waals surface area contributed by atoms with Crippen LogP contribution in [-0.4, -0.2) is 4.73 Å². The fourth-order valence-corrected chi connectivity index (χ4v) is 1.33. The summed E-state index contributed by atoms with van der Waals surface area (Å²) in [6.07, 6.45) is 0. The van der Waals surface area contributed by atoms with E-state index in [9.17, 15) is 5.21 Å². The molecule has 0 atom stereocenters. The van der Waals surface area contributed by atoms with Crippen LogP contribution in [0.1, 0.15) is 0 Å². The molecule has 0 amide bonds. The third kappa shape index (κ3) is 1.94. The molecule has 1 heterocycles. The Morgan fingerprint density at radius 2 is 1.77 bits per heavy atom. The molecule has 0 saturated heterocycles. The standard InChI is InChI=1S/C9H6NOS.Na/c11-10-8-4-2-1-3-7(8)5-6-9(10)12;/h1-6H;/q-1;+1. The summed E-state index contributed by atoms with van der Waals surface area (Å²) in [4.78, 5) is 0. The zero-order valence-electron chi connectivity index (χ0n) is 7.23. The third-order valence-corrected chi connectivity index (χ3v) is 2.06. The van der Waals surface area contributed by atoms with Crippen LogP contribution >= 0.6 is 12.2 Å². The van der Waals surface area contributed by atoms with Crippen molar-refractivity contribution < 1.29 is 29.6 Å². The predicted octanol–water partition coefficient (Wildman–Crippen LogP) is -0.279. The van der Waals surface area contributed by atoms with Crippen LogP contribution in [0, 0.1) is 9.85 Å². The zero-order chi connectivity index (χ0) is 8.55. The second kappa shape index (κ2) is 4.24. The van der Waals surface area contributed by atoms with Gasteiger partial charge in [-0.15, -0.1) is 0 Å². The van der Waals surface area contributed by atoms with Crippen LogP contribution in [0.3, 0.4) is 0 Å². The van der Waals surface area contributed by atoms with Crippen molar-refractivity contribution in [3.05, 3.63) is 46.2 Å². The first kappa shape index (κ1) is 10.7. The van der Waals surface area contributed by atoms with Crippen molar-refractivity contribution in [2.45, 2.75) is 0 Å². The van der Waals surface area contributed by atoms with Gasteiger partial charge in [0.15, 0.2) is 0 Å². The van der Waals surface area contributed by atoms with E-state index in [4.69, 9.17) is 12.2 Å². The van der Waals surface area contributed by atoms with Crippen molar-refractivity contribution in [1.29, 1.82) is 0 Å². The van der Waals surface area contributed by atoms with Crippen LogP contribution in [-0.2, 0) is 0 Å². The Kier molecular flexibility index (Phi) is 3.50. The molecule has 60 valence electrons. The van der Waals surface area contributed by atoms with Gasteiger partial charge in [-0.1, -0.05) is 30.4 Å². The molecule has 0 fully saturated rings. The summed E-state index contributed by atoms with van der Waals surface area (Å²) in [5.41, 5.74) is 0.630. The summed E-state index contributed by atoms with van der Waals surface area (Å²) < 4.78 is 1.08. The predicted molar refractivity (Wildman–Crippen MR) is 51.5 cm³/mol. The number of hydrogen-bond acceptors (Lipinski definition) is 2. The molecule has 1 aromatic carbocycles. The molecule has 1 aromatic heterocycles. The van der Waals surface area contributed by atoms with Crippen molar-refractivity contribution in [2.24, 2.45) is 0 Å². The molecule has 0 bridgehead atoms. The van der Waals surface area contributed by atoms with E-state index < -0.39 is 0 Å². The smallest absolute Gasteiger partial charge is 0.805 e. The molecule has 0 N–H and O–H groups in total. The Hall–Kier alpha value is -0.350. The van der Waals surface area contributed by atoms with Gasteiger partial charge < -0.3 is 9.94 Å². The van der Waals surface area contributed by atoms with Crippen LogP contribution in [0.5, 0.6) is 0 Å². The van der Waals surface area contributed by atoms with E-state index in [2.05, 4.69) is 0 Å². The van der Waals surface area contributed by atoms with Crippen molar-refractivity contribution >= 4 is 23.1 Å². The van der Waals surface area contributed by atoms with Crippen molar-refractivity contribution in [1.82, 2.24) is 4.73 Å². The van der Waals surface area contributed by atoms with Gasteiger partial charge in [-0.2, -0.15) is 0 Å². The topological polar surface area (TPSA) is 28.0 Å². The Morgan fingerprint density at radius 3 is 2.54 bits per heavy atom. The normalized spacial score (nSPS) is 9.54. The largest absolute Gasteiger partial charge is 1.00 e. The second-order valence-electron chi connectivity index (χ2n) is 2.52. The minimum Gasteiger partial charge on any atom is -0.805 e. The van der Waals surface area contributed by atoms with E-state index in [1.54, 1.807) is 12.1 Å². The average molecular weight is 199 g/mol. The first-order valence-corrected chi connectivity index (χ1v) is 3.98. The van der Waals surface area contributed by atoms with Crippen LogP contribution in [0.15, 0.2) is 36.4 Å². The van der Waals surface area contributed by atoms with Gasteiger partial charge in [0.25, 0.3) is 0 Å². The van der Waals surface area contributed by atoms with Gasteiger partial charge in [0.2, 0.25) is 0 Å². The molecule has 0 saturated carbocycles. The monoisotopic (exact) mass is 199 g/mol. The Balaban J connectivity index is 0.000000845. The molecule has 0 aliphatic rings. The summed E-state index contributed by atoms with van der Waals surface area (Å²) in [5, 5.41) is 12.3. The number of para-hydroxylation sites is 1. The molecule has 2 aromatic rings. The fourth-order valence-electron chi connectivity index (χ4n) is 1.16. The average Bonchev–Trinajstić information content (AvgIpc) is 2.12. The van der Waals surface area contributed by atoms with Crippen molar-refractivity contribution in [3.63, 3.8) is 0 Å². The van der Waals surface area contributed by atoms with Gasteiger partial charge in [0, 0.05) is 5.52 Å². The van der Waals surface area contributed by atoms with Gasteiger partial charge in [0.1, 0.15) is 4.64 Å². The Morgan fingerprint density at radius 1 is 1.08 bits per heavy atom. The van der Waals surface area contributed by atoms with Crippen LogP contribution < -0.4 is 29.6 Å². The van der Waals surface area contributed by atoms with Gasteiger partial charge >= 0.3 is 29.6 Å². The number of pyridine rings is 1. The molecule has 0 radical (unpaired) electrons. The molecule has 0 aliphatic carbocycles. The van der Waals surface area contributed by atoms with E-state index in [-0.39, 0.29) is 29.6 Å². The maximum atomic E-state index is 11.3. The van der Waals surface area contributed by atoms with Crippen molar-refractivity contribution in [2.75, 3.05) is 0 Å². The van der Waals surface area contributed by atoms with Gasteiger partial charge in [-0.05, 0) is 23.6 Å². The molecule has 0 aliphatic heterocycles. The maximum absolute atomic E-state index is 11.3. The van der Waals surface area contributed by atoms with Gasteiger partial charge in [-0.25, -0.2) is 0 Å². The summed E-state index contributed by atoms with van der Waals surface area (Å²) in [5.74, 6) is 0. The fraction of sp³-hybridized carbons (Fsp3) is 0. The maximum Gasteiger partial charge on any atom is 1.00 e. The number of rotatable bonds is 0. The van der Waals surface area contributed by atoms with Crippen LogP contribution in [0.4, 0.5) is 0 Å². The summed E-state index contributed by atoms with van der Waals surface area (Å²) in [6.45, 7) is 0. The second-order valence-corrected chi connectivity index (χ2v) is 2.94. The first-order valence-electron chi connectivity index (χ1n) is 3.57. The van der Waals surface area contributed by atoms with E-state index in [1.165, 1.54) is 0 Å². The molecular formula is C9H6NNaOS. The summed E-state index contributed by atoms with van der Waals surface area (Å²) in [7, 11) is 0. The Bertz CT molecular complexity index is 480. The number of benzene rings is 1. The van der Waals surface area contributed by atoms with Crippen LogP contribution in [0.2, 0.25) is 0 Å². The molecule has 2 nitrogen and oxygen atoms in total. The molecule has 0 unspecified atom stereocenters. The Labute approximate surface area is 103 Å². The SMILES string of the molecule is [Na+].[O-]n1c(=S)ccc2ccccc21. The molecule has 4 heteroatoms. The molecular weight excluding hydrogens is 193 g/mol. The number of hydrogen-bond donors (Lipinski definition) is 0. The summed E-state index contributed by atoms with van der Waals surface area (Å²) in [6, 6.07) is 10.9. The number of nitrogens with zero attached hydrogens (tertiary/aromatic N) is 1. The minimum absolute atomic E-state index is 0. The first-order chi connectivity index (χ1) is 5.79. The molecule has 0 spiro atoms. The minimum atomic E-state index is 0. The number of aromatic nitrogens is 1. The number of fused-ring (bicyclic) bond motifs is 1. The molecule has 2 rings (SSSR count). The van der Waals surface area contributed by atoms with E-state index in [0.29, 0.717) is 10.2 Å². The van der Waals surface area contributed by atoms with E-state index in [0.717, 1.165) is 10.1 Å². The van der Waals surface area contributed by atoms with Gasteiger partial charge in [-0.3, -0.25) is 0 Å². The van der Waals surface area contributed by atoms with E-state index >= 15 is 0 Å². The third-order valence-electron chi connectivity index (χ3n) is 1.76. The van der Waals surface area contributed by atoms with Gasteiger partial charge in [0.05, 0.1) is 0 Å². The zero-order valence-corrected chi connectivity index (χ0v) is 10.0. The summed E-state index contributed by atoms with van der Waals surface area (Å²) >= 11 is 4.83. The van der Waals surface area contributed by atoms with Crippen LogP contribution in [0.25, 0.3) is 10.9 Å². The van der Waals surface area contributed by atoms with E-state index in [1.807, 2.05) is 24.3 Å².